The molecule has 0 N–H and O–H groups in total. The second-order valence-corrected chi connectivity index (χ2v) is 6.69. The second-order valence-electron chi connectivity index (χ2n) is 6.69. The number of carbonyl (C=O) groups excluding carboxylic acids is 2. The maximum Gasteiger partial charge on any atom is 0.324 e. The van der Waals surface area contributed by atoms with Crippen LogP contribution in [0.2, 0.25) is 0 Å². The molecule has 1 unspecified atom stereocenters. The van der Waals surface area contributed by atoms with E-state index in [4.69, 9.17) is 18.9 Å². The first-order valence-corrected chi connectivity index (χ1v) is 8.35. The van der Waals surface area contributed by atoms with Gasteiger partial charge in [-0.05, 0) is 11.6 Å². The molecule has 0 spiro atoms. The zero-order chi connectivity index (χ0) is 18.3. The highest BCUT2D eigenvalue weighted by Gasteiger charge is 2.49. The normalized spacial score (nSPS) is 19.6. The van der Waals surface area contributed by atoms with Gasteiger partial charge in [-0.25, -0.2) is 0 Å². The van der Waals surface area contributed by atoms with Gasteiger partial charge in [0.25, 0.3) is 5.79 Å². The molecule has 2 aliphatic rings. The Bertz CT molecular complexity index is 838. The molecule has 0 amide bonds. The summed E-state index contributed by atoms with van der Waals surface area (Å²) in [5.74, 6) is -3.11. The minimum Gasteiger partial charge on any atom is -0.454 e. The van der Waals surface area contributed by atoms with E-state index in [2.05, 4.69) is 0 Å². The SMILES string of the molecule is CC1(C)OC(=O)C(C(c2ccccc2)c2cccc3c2OCO3)C(=O)O1. The average Bonchev–Trinajstić information content (AvgIpc) is 3.07. The molecule has 1 atom stereocenters. The van der Waals surface area contributed by atoms with E-state index in [0.717, 1.165) is 5.56 Å². The highest BCUT2D eigenvalue weighted by molar-refractivity contribution is 5.98. The van der Waals surface area contributed by atoms with E-state index in [9.17, 15) is 9.59 Å². The predicted molar refractivity (Wildman–Crippen MR) is 90.6 cm³/mol. The molecule has 4 rings (SSSR count). The maximum atomic E-state index is 12.7. The van der Waals surface area contributed by atoms with E-state index < -0.39 is 29.6 Å². The van der Waals surface area contributed by atoms with Crippen molar-refractivity contribution in [2.45, 2.75) is 25.6 Å². The summed E-state index contributed by atoms with van der Waals surface area (Å²) in [6, 6.07) is 14.7. The minimum atomic E-state index is -1.27. The Kier molecular flexibility index (Phi) is 3.83. The van der Waals surface area contributed by atoms with Gasteiger partial charge in [-0.1, -0.05) is 42.5 Å². The molecule has 6 heteroatoms. The topological polar surface area (TPSA) is 71.1 Å². The summed E-state index contributed by atoms with van der Waals surface area (Å²) in [5, 5.41) is 0. The van der Waals surface area contributed by atoms with Crippen molar-refractivity contribution in [3.63, 3.8) is 0 Å². The Morgan fingerprint density at radius 2 is 1.62 bits per heavy atom. The number of benzene rings is 2. The van der Waals surface area contributed by atoms with Gasteiger partial charge in [0.2, 0.25) is 6.79 Å². The molecular weight excluding hydrogens is 336 g/mol. The monoisotopic (exact) mass is 354 g/mol. The minimum absolute atomic E-state index is 0.0977. The summed E-state index contributed by atoms with van der Waals surface area (Å²) in [6.45, 7) is 3.17. The Hall–Kier alpha value is -3.02. The average molecular weight is 354 g/mol. The first-order valence-electron chi connectivity index (χ1n) is 8.35. The Balaban J connectivity index is 1.85. The van der Waals surface area contributed by atoms with Crippen LogP contribution in [0.4, 0.5) is 0 Å². The molecule has 2 heterocycles. The first-order chi connectivity index (χ1) is 12.5. The van der Waals surface area contributed by atoms with Crippen molar-refractivity contribution >= 4 is 11.9 Å². The van der Waals surface area contributed by atoms with Gasteiger partial charge in [-0.15, -0.1) is 0 Å². The van der Waals surface area contributed by atoms with Gasteiger partial charge < -0.3 is 18.9 Å². The number of para-hydroxylation sites is 1. The van der Waals surface area contributed by atoms with Crippen molar-refractivity contribution in [3.8, 4) is 11.5 Å². The number of hydrogen-bond acceptors (Lipinski definition) is 6. The standard InChI is InChI=1S/C20H18O6/c1-20(2)25-18(21)16(19(22)26-20)15(12-7-4-3-5-8-12)13-9-6-10-14-17(13)24-11-23-14/h3-10,15-16H,11H2,1-2H3. The Morgan fingerprint density at radius 1 is 0.923 bits per heavy atom. The third-order valence-corrected chi connectivity index (χ3v) is 4.45. The molecule has 0 radical (unpaired) electrons. The molecule has 2 aromatic carbocycles. The fourth-order valence-electron chi connectivity index (χ4n) is 3.41. The molecule has 1 saturated heterocycles. The molecule has 26 heavy (non-hydrogen) atoms. The molecule has 6 nitrogen and oxygen atoms in total. The zero-order valence-electron chi connectivity index (χ0n) is 14.4. The van der Waals surface area contributed by atoms with Crippen LogP contribution in [0.25, 0.3) is 0 Å². The fourth-order valence-corrected chi connectivity index (χ4v) is 3.41. The van der Waals surface area contributed by atoms with E-state index in [0.29, 0.717) is 17.1 Å². The van der Waals surface area contributed by atoms with Gasteiger partial charge in [0.1, 0.15) is 0 Å². The number of cyclic esters (lactones) is 2. The largest absolute Gasteiger partial charge is 0.454 e. The van der Waals surface area contributed by atoms with E-state index in [1.165, 1.54) is 13.8 Å². The lowest BCUT2D eigenvalue weighted by molar-refractivity contribution is -0.240. The van der Waals surface area contributed by atoms with Crippen LogP contribution in [-0.2, 0) is 19.1 Å². The maximum absolute atomic E-state index is 12.7. The van der Waals surface area contributed by atoms with Crippen LogP contribution < -0.4 is 9.47 Å². The lowest BCUT2D eigenvalue weighted by Crippen LogP contribution is -2.48. The highest BCUT2D eigenvalue weighted by atomic mass is 16.7. The van der Waals surface area contributed by atoms with Gasteiger partial charge in [0, 0.05) is 25.3 Å². The summed E-state index contributed by atoms with van der Waals surface area (Å²) >= 11 is 0. The van der Waals surface area contributed by atoms with Gasteiger partial charge in [0.15, 0.2) is 17.4 Å². The molecule has 0 bridgehead atoms. The molecule has 134 valence electrons. The van der Waals surface area contributed by atoms with E-state index in [1.54, 1.807) is 6.07 Å². The van der Waals surface area contributed by atoms with Crippen molar-refractivity contribution < 1.29 is 28.5 Å². The summed E-state index contributed by atoms with van der Waals surface area (Å²) < 4.78 is 21.7. The zero-order valence-corrected chi connectivity index (χ0v) is 14.4. The predicted octanol–water partition coefficient (Wildman–Crippen LogP) is 3.00. The summed E-state index contributed by atoms with van der Waals surface area (Å²) in [6.07, 6.45) is 0. The lowest BCUT2D eigenvalue weighted by atomic mass is 9.79. The number of hydrogen-bond donors (Lipinski definition) is 0. The number of fused-ring (bicyclic) bond motifs is 1. The van der Waals surface area contributed by atoms with Crippen LogP contribution in [0.15, 0.2) is 48.5 Å². The molecule has 0 aromatic heterocycles. The third kappa shape index (κ3) is 2.77. The third-order valence-electron chi connectivity index (χ3n) is 4.45. The van der Waals surface area contributed by atoms with Crippen LogP contribution in [0, 0.1) is 5.92 Å². The van der Waals surface area contributed by atoms with Crippen LogP contribution >= 0.6 is 0 Å². The molecule has 0 aliphatic carbocycles. The van der Waals surface area contributed by atoms with Crippen molar-refractivity contribution in [1.29, 1.82) is 0 Å². The molecule has 1 fully saturated rings. The van der Waals surface area contributed by atoms with Gasteiger partial charge in [0.05, 0.1) is 0 Å². The first kappa shape index (κ1) is 16.4. The van der Waals surface area contributed by atoms with Crippen molar-refractivity contribution in [3.05, 3.63) is 59.7 Å². The van der Waals surface area contributed by atoms with Crippen LogP contribution in [-0.4, -0.2) is 24.5 Å². The van der Waals surface area contributed by atoms with E-state index in [-0.39, 0.29) is 6.79 Å². The summed E-state index contributed by atoms with van der Waals surface area (Å²) in [4.78, 5) is 25.4. The summed E-state index contributed by atoms with van der Waals surface area (Å²) in [7, 11) is 0. The van der Waals surface area contributed by atoms with E-state index >= 15 is 0 Å². The van der Waals surface area contributed by atoms with E-state index in [1.807, 2.05) is 42.5 Å². The van der Waals surface area contributed by atoms with Crippen LogP contribution in [0.3, 0.4) is 0 Å². The van der Waals surface area contributed by atoms with Crippen molar-refractivity contribution in [2.75, 3.05) is 6.79 Å². The lowest BCUT2D eigenvalue weighted by Gasteiger charge is -2.36. The molecular formula is C20H18O6. The molecule has 0 saturated carbocycles. The second kappa shape index (κ2) is 6.05. The van der Waals surface area contributed by atoms with Crippen LogP contribution in [0.5, 0.6) is 11.5 Å². The Morgan fingerprint density at radius 3 is 2.31 bits per heavy atom. The number of rotatable bonds is 3. The summed E-state index contributed by atoms with van der Waals surface area (Å²) in [5.41, 5.74) is 1.47. The fraction of sp³-hybridized carbons (Fsp3) is 0.300. The van der Waals surface area contributed by atoms with Gasteiger partial charge in [-0.3, -0.25) is 9.59 Å². The van der Waals surface area contributed by atoms with Gasteiger partial charge in [-0.2, -0.15) is 0 Å². The number of carbonyl (C=O) groups is 2. The van der Waals surface area contributed by atoms with Crippen LogP contribution in [0.1, 0.15) is 30.9 Å². The number of ether oxygens (including phenoxy) is 4. The van der Waals surface area contributed by atoms with Gasteiger partial charge >= 0.3 is 11.9 Å². The quantitative estimate of drug-likeness (QED) is 0.623. The smallest absolute Gasteiger partial charge is 0.324 e. The van der Waals surface area contributed by atoms with Crippen molar-refractivity contribution in [1.82, 2.24) is 0 Å². The highest BCUT2D eigenvalue weighted by Crippen LogP contribution is 2.46. The Labute approximate surface area is 150 Å². The van der Waals surface area contributed by atoms with Crippen molar-refractivity contribution in [2.24, 2.45) is 5.92 Å². The molecule has 2 aliphatic heterocycles. The number of esters is 2. The molecule has 2 aromatic rings.